The fourth-order valence-corrected chi connectivity index (χ4v) is 14.6. The molecule has 0 bridgehead atoms. The third-order valence-electron chi connectivity index (χ3n) is 22.6. The first-order valence-corrected chi connectivity index (χ1v) is 48.2. The van der Waals surface area contributed by atoms with Crippen molar-refractivity contribution in [3.8, 4) is 16.9 Å². The zero-order valence-electron chi connectivity index (χ0n) is 83.0. The van der Waals surface area contributed by atoms with Crippen molar-refractivity contribution >= 4 is 134 Å². The Morgan fingerprint density at radius 1 is 0.566 bits per heavy atom. The molecule has 6 aromatic rings. The molecule has 1 unspecified atom stereocenters. The molecule has 6 heterocycles. The minimum Gasteiger partial charge on any atom is -0.493 e. The number of aryl methyl sites for hydroxylation is 3. The molecule has 0 radical (unpaired) electrons. The van der Waals surface area contributed by atoms with Crippen molar-refractivity contribution in [3.63, 3.8) is 0 Å². The molecule has 3 aromatic carbocycles. The minimum atomic E-state index is -1.14. The maximum atomic E-state index is 13.8. The molecule has 9 N–H and O–H groups in total. The van der Waals surface area contributed by atoms with Gasteiger partial charge in [-0.1, -0.05) is 36.4 Å². The van der Waals surface area contributed by atoms with Crippen molar-refractivity contribution < 1.29 is 143 Å². The number of hydrogen-bond donors (Lipinski definition) is 8. The number of ether oxygens (including phenoxy) is 12. The molecule has 9 rings (SSSR count). The van der Waals surface area contributed by atoms with Crippen LogP contribution < -0.4 is 42.4 Å². The van der Waals surface area contributed by atoms with Crippen molar-refractivity contribution in [2.24, 2.45) is 30.7 Å². The molecule has 3 aliphatic heterocycles. The van der Waals surface area contributed by atoms with E-state index in [0.29, 0.717) is 146 Å². The molecule has 4 atom stereocenters. The number of rotatable bonds is 71. The van der Waals surface area contributed by atoms with E-state index in [2.05, 4.69) is 48.5 Å². The van der Waals surface area contributed by atoms with E-state index in [1.54, 1.807) is 102 Å². The third kappa shape index (κ3) is 42.4. The molecule has 44 heteroatoms. The number of ketones is 6. The Kier molecular flexibility index (Phi) is 51.3. The van der Waals surface area contributed by atoms with Crippen LogP contribution in [0, 0.1) is 12.8 Å². The Labute approximate surface area is 839 Å². The van der Waals surface area contributed by atoms with Crippen LogP contribution in [-0.4, -0.2) is 336 Å². The maximum absolute atomic E-state index is 13.8. The predicted octanol–water partition coefficient (Wildman–Crippen LogP) is 5.77. The average molecular weight is 2020 g/mol. The van der Waals surface area contributed by atoms with Gasteiger partial charge in [0.15, 0.2) is 23.2 Å². The summed E-state index contributed by atoms with van der Waals surface area (Å²) in [5.41, 5.74) is 12.5. The second-order valence-corrected chi connectivity index (χ2v) is 34.3. The van der Waals surface area contributed by atoms with Crippen molar-refractivity contribution in [1.29, 1.82) is 0 Å². The summed E-state index contributed by atoms with van der Waals surface area (Å²) in [6.07, 6.45) is 9.23. The number of alkyl carbamates (subject to hydrolysis) is 1. The summed E-state index contributed by atoms with van der Waals surface area (Å²) in [4.78, 5) is 223. The van der Waals surface area contributed by atoms with Gasteiger partial charge in [0.25, 0.3) is 23.6 Å². The highest BCUT2D eigenvalue weighted by Crippen LogP contribution is 2.36. The largest absolute Gasteiger partial charge is 0.493 e. The van der Waals surface area contributed by atoms with Gasteiger partial charge >= 0.3 is 12.1 Å². The van der Waals surface area contributed by atoms with E-state index in [-0.39, 0.29) is 202 Å². The number of imidazole rings is 1. The molecule has 9 amide bonds. The number of carboxylic acids is 1. The van der Waals surface area contributed by atoms with Crippen molar-refractivity contribution in [1.82, 2.24) is 49.8 Å². The van der Waals surface area contributed by atoms with Gasteiger partial charge in [-0.05, 0) is 99.5 Å². The molecule has 0 spiro atoms. The van der Waals surface area contributed by atoms with Gasteiger partial charge in [0.2, 0.25) is 35.3 Å². The number of fused-ring (bicyclic) bond motifs is 3. The molecule has 145 heavy (non-hydrogen) atoms. The van der Waals surface area contributed by atoms with Crippen molar-refractivity contribution in [3.05, 3.63) is 138 Å². The number of hydrogen-bond acceptors (Lipinski definition) is 32. The highest BCUT2D eigenvalue weighted by molar-refractivity contribution is 6.13. The lowest BCUT2D eigenvalue weighted by Crippen LogP contribution is -2.47. The van der Waals surface area contributed by atoms with Gasteiger partial charge in [-0.3, -0.25) is 91.2 Å². The van der Waals surface area contributed by atoms with E-state index in [1.165, 1.54) is 6.92 Å². The zero-order valence-corrected chi connectivity index (χ0v) is 83.0. The smallest absolute Gasteiger partial charge is 0.407 e. The molecule has 1 fully saturated rings. The SMILES string of the molecule is C=C1C[C@H]2C=Nc3cc(OCCCC(=O)Nc4cn(C)c(C(=O)Cc5ccc(-c6cc(C(=O)n7ccc8cc(NC(=O)[C@H](C)NC(=O)[C@H](C)N)ccc87)n(C)c6)cc5)n4)c(C)cc3C(=O)N2C1.COCCOCCOCCOCCOCCOCCOCCOCCCC(=O)C(COC(=O)NCCC(=O)O)CC(=O)CNC(=O)CCC(=O)CNC(=O)CCC(=O)CCOCCOCCCC(=O)CCN1C(=O)C=CC1=O. The topological polar surface area (TPSA) is 566 Å². The molecule has 0 saturated carbocycles. The van der Waals surface area contributed by atoms with Gasteiger partial charge in [-0.25, -0.2) is 9.78 Å². The molecule has 0 aliphatic carbocycles. The summed E-state index contributed by atoms with van der Waals surface area (Å²) in [6.45, 7) is 15.2. The van der Waals surface area contributed by atoms with Crippen LogP contribution >= 0.6 is 0 Å². The van der Waals surface area contributed by atoms with Gasteiger partial charge in [-0.2, -0.15) is 0 Å². The summed E-state index contributed by atoms with van der Waals surface area (Å²) in [5.74, 6) is -6.58. The summed E-state index contributed by atoms with van der Waals surface area (Å²) < 4.78 is 69.7. The lowest BCUT2D eigenvalue weighted by atomic mass is 9.95. The Morgan fingerprint density at radius 2 is 1.14 bits per heavy atom. The number of aliphatic imine (C=N–C) groups is 1. The molecular formula is C101H134N14O30. The van der Waals surface area contributed by atoms with Crippen LogP contribution in [0.1, 0.15) is 153 Å². The number of methoxy groups -OCH3 is 1. The van der Waals surface area contributed by atoms with Gasteiger partial charge in [0.1, 0.15) is 41.4 Å². The highest BCUT2D eigenvalue weighted by atomic mass is 16.6. The quantitative estimate of drug-likeness (QED) is 0.00972. The number of nitrogens with two attached hydrogens (primary N) is 1. The standard InChI is InChI=1S/C51H82N4O23.C50H52N10O7/c1-68-20-21-72-26-27-74-30-31-76-34-35-77-33-32-75-29-28-73-25-23-70-18-3-5-45(60)40(39-78-51(67)52-15-12-50(65)66)36-44(59)38-54-47(62)9-7-43(58)37-53-46(61)8-6-42(57)14-19-71-24-22-69-17-2-4-41(56)13-16-55-48(63)10-11-49(55)64;1-28-18-37-24-52-39-23-43(29(2)19-38(39)49(65)60(37)25-28)67-17-7-8-45(62)55-44-27-58(6)46(56-44)42(61)20-32-9-11-33(12-10-32)35-22-41(57(5)26-35)50(66)59-16-15-34-21-36(13-14-40(34)59)54-48(64)31(4)53-47(63)30(3)51/h10-11,40H,2-9,12-39H2,1H3,(H,52,67)(H,53,61)(H,54,62)(H,65,66);9-16,19,21-24,26-27,30-31,37H,1,7-8,17-18,20,25,51H2,2-6H3,(H,53,63)(H,54,64)(H,55,62)/t;30-,31-,37-/m.0/s1. The van der Waals surface area contributed by atoms with E-state index in [4.69, 9.17) is 67.7 Å². The number of carboxylic acid groups (broad SMARTS) is 1. The number of aromatic nitrogens is 4. The van der Waals surface area contributed by atoms with Crippen LogP contribution in [0.3, 0.4) is 0 Å². The second-order valence-electron chi connectivity index (χ2n) is 34.3. The predicted molar refractivity (Wildman–Crippen MR) is 527 cm³/mol. The molecule has 3 aliphatic rings. The summed E-state index contributed by atoms with van der Waals surface area (Å²) in [7, 11) is 5.11. The summed E-state index contributed by atoms with van der Waals surface area (Å²) in [5, 5.41) is 24.7. The first-order chi connectivity index (χ1) is 69.7. The number of Topliss-reactive ketones (excluding diaryl/α,β-unsaturated/α-hetero) is 6. The molecular weight excluding hydrogens is 1890 g/mol. The minimum absolute atomic E-state index is 0.0223. The van der Waals surface area contributed by atoms with Crippen molar-refractivity contribution in [2.45, 2.75) is 142 Å². The lowest BCUT2D eigenvalue weighted by molar-refractivity contribution is -0.138. The summed E-state index contributed by atoms with van der Waals surface area (Å²) in [6, 6.07) is 18.3. The number of aliphatic carboxylic acids is 1. The third-order valence-corrected chi connectivity index (χ3v) is 22.6. The number of benzene rings is 3. The van der Waals surface area contributed by atoms with Crippen LogP contribution in [0.5, 0.6) is 5.75 Å². The van der Waals surface area contributed by atoms with Crippen LogP contribution in [0.2, 0.25) is 0 Å². The number of imide groups is 1. The number of carbonyl (C=O) groups excluding carboxylic acids is 16. The van der Waals surface area contributed by atoms with Crippen LogP contribution in [0.4, 0.5) is 22.0 Å². The Balaban J connectivity index is 0.000000357. The Morgan fingerprint density at radius 3 is 1.76 bits per heavy atom. The van der Waals surface area contributed by atoms with Crippen molar-refractivity contribution in [2.75, 3.05) is 189 Å². The van der Waals surface area contributed by atoms with Gasteiger partial charge in [0.05, 0.1) is 173 Å². The maximum Gasteiger partial charge on any atom is 0.407 e. The van der Waals surface area contributed by atoms with E-state index < -0.39 is 96.0 Å². The van der Waals surface area contributed by atoms with E-state index >= 15 is 0 Å². The number of nitrogens with one attached hydrogen (secondary N) is 6. The summed E-state index contributed by atoms with van der Waals surface area (Å²) >= 11 is 0. The number of amides is 9. The van der Waals surface area contributed by atoms with Crippen LogP contribution in [-0.2, 0) is 135 Å². The van der Waals surface area contributed by atoms with Crippen LogP contribution in [0.25, 0.3) is 22.0 Å². The number of nitrogens with zero attached hydrogens (tertiary/aromatic N) is 7. The molecule has 1 saturated heterocycles. The second kappa shape index (κ2) is 63.7. The number of carbonyl (C=O) groups is 17. The number of anilines is 2. The molecule has 788 valence electrons. The zero-order chi connectivity index (χ0) is 105. The Hall–Kier alpha value is -13.4. The highest BCUT2D eigenvalue weighted by Gasteiger charge is 2.35. The fraction of sp³-hybridized carbons (Fsp3) is 0.515. The average Bonchev–Trinajstić information content (AvgIpc) is 1.64. The Bertz CT molecular complexity index is 5450. The van der Waals surface area contributed by atoms with Gasteiger partial charge < -0.3 is 114 Å². The first kappa shape index (κ1) is 117. The van der Waals surface area contributed by atoms with E-state index in [9.17, 15) is 81.5 Å². The molecule has 3 aromatic heterocycles. The van der Waals surface area contributed by atoms with Crippen LogP contribution in [0.15, 0.2) is 115 Å². The van der Waals surface area contributed by atoms with E-state index in [1.807, 2.05) is 43.5 Å². The van der Waals surface area contributed by atoms with Gasteiger partial charge in [-0.15, -0.1) is 0 Å². The molecule has 44 nitrogen and oxygen atoms in total. The first-order valence-electron chi connectivity index (χ1n) is 48.2. The van der Waals surface area contributed by atoms with Gasteiger partial charge in [0, 0.05) is 184 Å². The van der Waals surface area contributed by atoms with E-state index in [0.717, 1.165) is 50.3 Å². The lowest BCUT2D eigenvalue weighted by Gasteiger charge is -2.20. The monoisotopic (exact) mass is 2020 g/mol. The normalized spacial score (nSPS) is 13.7. The fourth-order valence-electron chi connectivity index (χ4n) is 14.6.